The number of carbonyl (C=O) groups excluding carboxylic acids is 1. The zero-order chi connectivity index (χ0) is 23.9. The second-order valence-electron chi connectivity index (χ2n) is 8.12. The Labute approximate surface area is 224 Å². The van der Waals surface area contributed by atoms with Crippen LogP contribution < -0.4 is 5.32 Å². The lowest BCUT2D eigenvalue weighted by molar-refractivity contribution is 0.0950. The van der Waals surface area contributed by atoms with Gasteiger partial charge >= 0.3 is 0 Å². The Hall–Kier alpha value is -2.34. The summed E-state index contributed by atoms with van der Waals surface area (Å²) in [7, 11) is 0. The molecule has 4 aromatic carbocycles. The van der Waals surface area contributed by atoms with Gasteiger partial charge in [-0.25, -0.2) is 0 Å². The number of carbonyl (C=O) groups is 1. The molecule has 0 saturated heterocycles. The first-order chi connectivity index (χ1) is 16.6. The van der Waals surface area contributed by atoms with Crippen LogP contribution in [0.2, 0.25) is 10.0 Å². The molecule has 1 atom stereocenters. The molecule has 0 bridgehead atoms. The number of hydrogen-bond acceptors (Lipinski definition) is 1. The van der Waals surface area contributed by atoms with E-state index in [-0.39, 0.29) is 17.7 Å². The van der Waals surface area contributed by atoms with E-state index >= 15 is 0 Å². The summed E-state index contributed by atoms with van der Waals surface area (Å²) in [6, 6.07) is 34.6. The van der Waals surface area contributed by atoms with Crippen molar-refractivity contribution in [3.8, 4) is 0 Å². The lowest BCUT2D eigenvalue weighted by atomic mass is 9.77. The van der Waals surface area contributed by atoms with Crippen molar-refractivity contribution < 1.29 is 4.79 Å². The predicted molar refractivity (Wildman–Crippen MR) is 150 cm³/mol. The summed E-state index contributed by atoms with van der Waals surface area (Å²) in [5.41, 5.74) is 5.37. The molecule has 0 aliphatic heterocycles. The van der Waals surface area contributed by atoms with Gasteiger partial charge in [0.1, 0.15) is 0 Å². The number of nitrogens with one attached hydrogen (secondary N) is 1. The number of hydrogen-bond donors (Lipinski definition) is 1. The van der Waals surface area contributed by atoms with Gasteiger partial charge in [-0.3, -0.25) is 4.79 Å². The Balaban J connectivity index is 1.71. The average molecular weight is 600 g/mol. The summed E-state index contributed by atoms with van der Waals surface area (Å²) < 4.78 is 0.956. The Morgan fingerprint density at radius 1 is 0.735 bits per heavy atom. The summed E-state index contributed by atoms with van der Waals surface area (Å²) >= 11 is 14.5. The van der Waals surface area contributed by atoms with Gasteiger partial charge in [-0.15, -0.1) is 0 Å². The predicted octanol–water partition coefficient (Wildman–Crippen LogP) is 8.27. The first kappa shape index (κ1) is 24.8. The van der Waals surface area contributed by atoms with Gasteiger partial charge in [0, 0.05) is 28.4 Å². The quantitative estimate of drug-likeness (QED) is 0.160. The van der Waals surface area contributed by atoms with Crippen molar-refractivity contribution in [2.24, 2.45) is 0 Å². The second-order valence-corrected chi connectivity index (χ2v) is 9.70. The number of benzene rings is 4. The van der Waals surface area contributed by atoms with E-state index in [1.165, 1.54) is 22.3 Å². The fourth-order valence-electron chi connectivity index (χ4n) is 4.20. The molecule has 0 aromatic heterocycles. The highest BCUT2D eigenvalue weighted by molar-refractivity contribution is 14.1. The van der Waals surface area contributed by atoms with Crippen molar-refractivity contribution in [2.45, 2.75) is 16.3 Å². The third kappa shape index (κ3) is 6.01. The second kappa shape index (κ2) is 11.9. The number of alkyl halides is 1. The molecule has 1 amide bonds. The molecule has 0 fully saturated rings. The molecule has 0 radical (unpaired) electrons. The van der Waals surface area contributed by atoms with Crippen molar-refractivity contribution in [3.05, 3.63) is 141 Å². The van der Waals surface area contributed by atoms with Gasteiger partial charge < -0.3 is 5.32 Å². The third-order valence-corrected chi connectivity index (χ3v) is 7.57. The topological polar surface area (TPSA) is 29.1 Å². The Morgan fingerprint density at radius 2 is 1.32 bits per heavy atom. The summed E-state index contributed by atoms with van der Waals surface area (Å²) in [6.07, 6.45) is 0. The molecule has 1 N–H and O–H groups in total. The molecule has 0 aliphatic carbocycles. The molecule has 172 valence electrons. The molecule has 0 heterocycles. The minimum atomic E-state index is -0.174. The molecule has 0 saturated carbocycles. The van der Waals surface area contributed by atoms with Gasteiger partial charge in [-0.1, -0.05) is 131 Å². The Kier molecular flexibility index (Phi) is 8.65. The van der Waals surface area contributed by atoms with Crippen molar-refractivity contribution in [1.29, 1.82) is 0 Å². The van der Waals surface area contributed by atoms with Crippen molar-refractivity contribution >= 4 is 51.7 Å². The van der Waals surface area contributed by atoms with Gasteiger partial charge in [0.05, 0.1) is 10.0 Å². The fourth-order valence-corrected chi connectivity index (χ4v) is 5.01. The Morgan fingerprint density at radius 3 is 1.85 bits per heavy atom. The molecule has 4 rings (SSSR count). The zero-order valence-electron chi connectivity index (χ0n) is 18.4. The number of halogens is 3. The van der Waals surface area contributed by atoms with Crippen molar-refractivity contribution in [3.63, 3.8) is 0 Å². The molecule has 2 nitrogen and oxygen atoms in total. The molecule has 4 aromatic rings. The van der Waals surface area contributed by atoms with E-state index in [1.54, 1.807) is 18.2 Å². The van der Waals surface area contributed by atoms with Crippen LogP contribution in [0.4, 0.5) is 0 Å². The van der Waals surface area contributed by atoms with E-state index in [9.17, 15) is 4.79 Å². The minimum absolute atomic E-state index is 0.0276. The molecule has 34 heavy (non-hydrogen) atoms. The SMILES string of the molecule is O=C(NCC(c1ccc(CI)cc1)C(c1ccccc1)c1ccccc1)c1ccc(Cl)c(Cl)c1. The zero-order valence-corrected chi connectivity index (χ0v) is 22.1. The van der Waals surface area contributed by atoms with Crippen LogP contribution in [0, 0.1) is 0 Å². The maximum Gasteiger partial charge on any atom is 0.251 e. The van der Waals surface area contributed by atoms with E-state index in [0.717, 1.165) is 4.43 Å². The van der Waals surface area contributed by atoms with Crippen molar-refractivity contribution in [2.75, 3.05) is 6.54 Å². The van der Waals surface area contributed by atoms with Gasteiger partial charge in [-0.2, -0.15) is 0 Å². The fraction of sp³-hybridized carbons (Fsp3) is 0.138. The normalized spacial score (nSPS) is 11.9. The summed E-state index contributed by atoms with van der Waals surface area (Å²) in [4.78, 5) is 13.0. The maximum atomic E-state index is 13.0. The van der Waals surface area contributed by atoms with Crippen LogP contribution in [0.3, 0.4) is 0 Å². The van der Waals surface area contributed by atoms with E-state index in [0.29, 0.717) is 22.2 Å². The molecule has 1 unspecified atom stereocenters. The molecular formula is C29H24Cl2INO. The van der Waals surface area contributed by atoms with Crippen LogP contribution in [0.25, 0.3) is 0 Å². The minimum Gasteiger partial charge on any atom is -0.351 e. The molecule has 0 spiro atoms. The van der Waals surface area contributed by atoms with Crippen LogP contribution >= 0.6 is 45.8 Å². The van der Waals surface area contributed by atoms with Crippen LogP contribution in [-0.2, 0) is 4.43 Å². The van der Waals surface area contributed by atoms with E-state index in [4.69, 9.17) is 23.2 Å². The third-order valence-electron chi connectivity index (χ3n) is 5.95. The van der Waals surface area contributed by atoms with Gasteiger partial charge in [0.25, 0.3) is 5.91 Å². The molecular weight excluding hydrogens is 576 g/mol. The Bertz CT molecular complexity index is 1190. The van der Waals surface area contributed by atoms with Gasteiger partial charge in [-0.05, 0) is 40.5 Å². The first-order valence-corrected chi connectivity index (χ1v) is 13.3. The summed E-state index contributed by atoms with van der Waals surface area (Å²) in [5, 5.41) is 3.95. The smallest absolute Gasteiger partial charge is 0.251 e. The molecule has 5 heteroatoms. The van der Waals surface area contributed by atoms with Crippen LogP contribution in [0.1, 0.15) is 44.4 Å². The highest BCUT2D eigenvalue weighted by atomic mass is 127. The summed E-state index contributed by atoms with van der Waals surface area (Å²) in [6.45, 7) is 0.469. The van der Waals surface area contributed by atoms with E-state index in [2.05, 4.69) is 101 Å². The lowest BCUT2D eigenvalue weighted by Gasteiger charge is -2.29. The van der Waals surface area contributed by atoms with Crippen LogP contribution in [0.5, 0.6) is 0 Å². The van der Waals surface area contributed by atoms with Gasteiger partial charge in [0.2, 0.25) is 0 Å². The largest absolute Gasteiger partial charge is 0.351 e. The average Bonchev–Trinajstić information content (AvgIpc) is 2.89. The monoisotopic (exact) mass is 599 g/mol. The maximum absolute atomic E-state index is 13.0. The van der Waals surface area contributed by atoms with Crippen molar-refractivity contribution in [1.82, 2.24) is 5.32 Å². The number of rotatable bonds is 8. The van der Waals surface area contributed by atoms with E-state index < -0.39 is 0 Å². The highest BCUT2D eigenvalue weighted by Gasteiger charge is 2.27. The standard InChI is InChI=1S/C29H24Cl2INO/c30-26-16-15-24(17-27(26)31)29(34)33-19-25(21-13-11-20(18-32)12-14-21)28(22-7-3-1-4-8-22)23-9-5-2-6-10-23/h1-17,25,28H,18-19H2,(H,33,34). The number of amides is 1. The lowest BCUT2D eigenvalue weighted by Crippen LogP contribution is -2.31. The van der Waals surface area contributed by atoms with Gasteiger partial charge in [0.15, 0.2) is 0 Å². The first-order valence-electron chi connectivity index (χ1n) is 11.0. The highest BCUT2D eigenvalue weighted by Crippen LogP contribution is 2.38. The van der Waals surface area contributed by atoms with E-state index in [1.807, 2.05) is 12.1 Å². The van der Waals surface area contributed by atoms with Crippen LogP contribution in [0.15, 0.2) is 103 Å². The summed E-state index contributed by atoms with van der Waals surface area (Å²) in [5.74, 6) is -0.0749. The molecule has 0 aliphatic rings. The van der Waals surface area contributed by atoms with Crippen LogP contribution in [-0.4, -0.2) is 12.5 Å².